The number of hydrogen-bond acceptors (Lipinski definition) is 3. The Kier molecular flexibility index (Phi) is 6.97. The minimum atomic E-state index is -3.20. The van der Waals surface area contributed by atoms with E-state index in [-0.39, 0.29) is 0 Å². The van der Waals surface area contributed by atoms with Crippen LogP contribution in [-0.2, 0) is 4.57 Å². The molecule has 4 aromatic carbocycles. The van der Waals surface area contributed by atoms with Gasteiger partial charge in [-0.15, -0.1) is 0 Å². The Labute approximate surface area is 193 Å². The highest BCUT2D eigenvalue weighted by molar-refractivity contribution is 8.09. The van der Waals surface area contributed by atoms with Crippen molar-refractivity contribution in [1.29, 1.82) is 0 Å². The summed E-state index contributed by atoms with van der Waals surface area (Å²) in [7, 11) is -3.20. The summed E-state index contributed by atoms with van der Waals surface area (Å²) in [4.78, 5) is 1.77. The second-order valence-corrected chi connectivity index (χ2v) is 10.5. The van der Waals surface area contributed by atoms with E-state index < -0.39 is 7.14 Å². The van der Waals surface area contributed by atoms with E-state index in [1.807, 2.05) is 121 Å². The van der Waals surface area contributed by atoms with Crippen LogP contribution in [0.3, 0.4) is 0 Å². The van der Waals surface area contributed by atoms with Crippen molar-refractivity contribution in [2.75, 3.05) is 5.73 Å². The van der Waals surface area contributed by atoms with E-state index in [2.05, 4.69) is 11.6 Å². The summed E-state index contributed by atoms with van der Waals surface area (Å²) in [6.45, 7) is 0. The Morgan fingerprint density at radius 3 is 1.97 bits per heavy atom. The molecule has 0 amide bonds. The lowest BCUT2D eigenvalue weighted by atomic mass is 10.2. The van der Waals surface area contributed by atoms with E-state index in [1.54, 1.807) is 0 Å². The van der Waals surface area contributed by atoms with E-state index >= 15 is 0 Å². The quantitative estimate of drug-likeness (QED) is 0.153. The molecule has 1 atom stereocenters. The molecule has 4 heteroatoms. The van der Waals surface area contributed by atoms with Crippen LogP contribution in [0, 0.1) is 11.6 Å². The predicted octanol–water partition coefficient (Wildman–Crippen LogP) is 7.06. The van der Waals surface area contributed by atoms with Gasteiger partial charge in [-0.05, 0) is 35.5 Å². The molecule has 0 aromatic heterocycles. The van der Waals surface area contributed by atoms with Gasteiger partial charge >= 0.3 is 0 Å². The molecule has 0 unspecified atom stereocenters. The Balaban J connectivity index is 1.87. The van der Waals surface area contributed by atoms with Gasteiger partial charge in [0.2, 0.25) is 7.14 Å². The molecule has 4 aromatic rings. The van der Waals surface area contributed by atoms with E-state index in [0.717, 1.165) is 20.9 Å². The number of rotatable bonds is 5. The fourth-order valence-corrected chi connectivity index (χ4v) is 6.32. The monoisotopic (exact) mass is 451 g/mol. The molecule has 0 fully saturated rings. The maximum atomic E-state index is 14.4. The number of para-hydroxylation sites is 1. The molecule has 4 rings (SSSR count). The molecule has 0 aliphatic rings. The van der Waals surface area contributed by atoms with Crippen LogP contribution in [0.2, 0.25) is 0 Å². The molecule has 0 aliphatic heterocycles. The van der Waals surface area contributed by atoms with Gasteiger partial charge in [0.1, 0.15) is 0 Å². The molecule has 0 aliphatic carbocycles. The number of nitrogens with two attached hydrogens (primary N) is 1. The van der Waals surface area contributed by atoms with Crippen molar-refractivity contribution in [3.63, 3.8) is 0 Å². The highest BCUT2D eigenvalue weighted by atomic mass is 32.2. The van der Waals surface area contributed by atoms with Crippen LogP contribution in [0.15, 0.2) is 126 Å². The van der Waals surface area contributed by atoms with Crippen molar-refractivity contribution in [2.45, 2.75) is 4.90 Å². The SMILES string of the molecule is Nc1ccccc1S/C(=C\[P@@](=O)(C#Cc1ccccc1)c1ccccc1)c1ccccc1. The fraction of sp³-hybridized carbons (Fsp3) is 0. The zero-order valence-electron chi connectivity index (χ0n) is 17.4. The number of nitrogen functional groups attached to an aromatic ring is 1. The fourth-order valence-electron chi connectivity index (χ4n) is 3.11. The third kappa shape index (κ3) is 5.42. The second-order valence-electron chi connectivity index (χ2n) is 7.10. The van der Waals surface area contributed by atoms with Crippen molar-refractivity contribution in [3.8, 4) is 11.6 Å². The van der Waals surface area contributed by atoms with Crippen LogP contribution in [0.1, 0.15) is 11.1 Å². The van der Waals surface area contributed by atoms with E-state index in [4.69, 9.17) is 5.73 Å². The number of hydrogen-bond donors (Lipinski definition) is 1. The Morgan fingerprint density at radius 2 is 1.31 bits per heavy atom. The van der Waals surface area contributed by atoms with Gasteiger partial charge in [-0.3, -0.25) is 0 Å². The molecule has 2 N–H and O–H groups in total. The highest BCUT2D eigenvalue weighted by Crippen LogP contribution is 2.51. The summed E-state index contributed by atoms with van der Waals surface area (Å²) >= 11 is 1.51. The molecule has 0 radical (unpaired) electrons. The maximum absolute atomic E-state index is 14.4. The van der Waals surface area contributed by atoms with E-state index in [1.165, 1.54) is 11.8 Å². The van der Waals surface area contributed by atoms with Crippen molar-refractivity contribution in [2.24, 2.45) is 0 Å². The number of thioether (sulfide) groups is 1. The van der Waals surface area contributed by atoms with Crippen molar-refractivity contribution < 1.29 is 4.57 Å². The maximum Gasteiger partial charge on any atom is 0.205 e. The third-order valence-corrected chi connectivity index (χ3v) is 8.25. The van der Waals surface area contributed by atoms with E-state index in [9.17, 15) is 4.57 Å². The molecule has 0 saturated carbocycles. The van der Waals surface area contributed by atoms with Crippen molar-refractivity contribution >= 4 is 34.8 Å². The molecule has 0 bridgehead atoms. The standard InChI is InChI=1S/C28H22NOPS/c29-26-18-10-11-19-27(26)32-28(24-14-6-2-7-15-24)22-31(30,25-16-8-3-9-17-25)21-20-23-12-4-1-5-13-23/h1-19,22H,29H2/b28-22-/t31-/m0/s1. The molecule has 32 heavy (non-hydrogen) atoms. The van der Waals surface area contributed by atoms with Crippen LogP contribution in [-0.4, -0.2) is 0 Å². The van der Waals surface area contributed by atoms with Gasteiger partial charge in [0, 0.05) is 32.2 Å². The topological polar surface area (TPSA) is 43.1 Å². The lowest BCUT2D eigenvalue weighted by Gasteiger charge is -2.14. The van der Waals surface area contributed by atoms with Gasteiger partial charge in [0.15, 0.2) is 0 Å². The Hall–Kier alpha value is -3.44. The van der Waals surface area contributed by atoms with Gasteiger partial charge in [-0.1, -0.05) is 109 Å². The first-order valence-electron chi connectivity index (χ1n) is 10.2. The first-order valence-corrected chi connectivity index (χ1v) is 12.8. The summed E-state index contributed by atoms with van der Waals surface area (Å²) in [5, 5.41) is 0.707. The number of anilines is 1. The first-order chi connectivity index (χ1) is 15.6. The Morgan fingerprint density at radius 1 is 0.750 bits per heavy atom. The lowest BCUT2D eigenvalue weighted by molar-refractivity contribution is 0.592. The number of benzene rings is 4. The summed E-state index contributed by atoms with van der Waals surface area (Å²) in [5.41, 5.74) is 11.8. The second kappa shape index (κ2) is 10.2. The van der Waals surface area contributed by atoms with Gasteiger partial charge in [-0.2, -0.15) is 0 Å². The predicted molar refractivity (Wildman–Crippen MR) is 138 cm³/mol. The smallest absolute Gasteiger partial charge is 0.205 e. The minimum Gasteiger partial charge on any atom is -0.398 e. The van der Waals surface area contributed by atoms with Crippen LogP contribution >= 0.6 is 18.9 Å². The van der Waals surface area contributed by atoms with Crippen LogP contribution in [0.5, 0.6) is 0 Å². The van der Waals surface area contributed by atoms with Crippen LogP contribution < -0.4 is 11.0 Å². The van der Waals surface area contributed by atoms with E-state index in [0.29, 0.717) is 11.0 Å². The Bertz CT molecular complexity index is 1320. The molecule has 2 nitrogen and oxygen atoms in total. The summed E-state index contributed by atoms with van der Waals surface area (Å²) in [6, 6.07) is 36.7. The molecule has 0 saturated heterocycles. The lowest BCUT2D eigenvalue weighted by Crippen LogP contribution is -2.01. The van der Waals surface area contributed by atoms with Gasteiger partial charge in [-0.25, -0.2) is 0 Å². The van der Waals surface area contributed by atoms with Gasteiger partial charge < -0.3 is 10.3 Å². The average molecular weight is 452 g/mol. The normalized spacial score (nSPS) is 12.9. The largest absolute Gasteiger partial charge is 0.398 e. The minimum absolute atomic E-state index is 0.684. The van der Waals surface area contributed by atoms with Gasteiger partial charge in [0.25, 0.3) is 0 Å². The van der Waals surface area contributed by atoms with Crippen LogP contribution in [0.25, 0.3) is 4.91 Å². The summed E-state index contributed by atoms with van der Waals surface area (Å²) < 4.78 is 14.4. The van der Waals surface area contributed by atoms with Crippen molar-refractivity contribution in [1.82, 2.24) is 0 Å². The molecule has 0 heterocycles. The molecular weight excluding hydrogens is 429 g/mol. The highest BCUT2D eigenvalue weighted by Gasteiger charge is 2.22. The first kappa shape index (κ1) is 21.8. The average Bonchev–Trinajstić information content (AvgIpc) is 2.85. The van der Waals surface area contributed by atoms with Crippen LogP contribution in [0.4, 0.5) is 5.69 Å². The molecule has 156 valence electrons. The summed E-state index contributed by atoms with van der Waals surface area (Å²) in [5.74, 6) is 4.95. The van der Waals surface area contributed by atoms with Gasteiger partial charge in [0.05, 0.1) is 0 Å². The van der Waals surface area contributed by atoms with Crippen molar-refractivity contribution in [3.05, 3.63) is 132 Å². The zero-order chi connectivity index (χ0) is 22.2. The zero-order valence-corrected chi connectivity index (χ0v) is 19.1. The molecule has 0 spiro atoms. The third-order valence-electron chi connectivity index (χ3n) is 4.78. The molecular formula is C28H22NOPS. The summed E-state index contributed by atoms with van der Waals surface area (Å²) in [6.07, 6.45) is 0.